The van der Waals surface area contributed by atoms with Gasteiger partial charge in [-0.3, -0.25) is 20.1 Å². The third-order valence-electron chi connectivity index (χ3n) is 5.10. The summed E-state index contributed by atoms with van der Waals surface area (Å²) in [5.41, 5.74) is 2.35. The van der Waals surface area contributed by atoms with E-state index < -0.39 is 0 Å². The molecule has 8 heteroatoms. The van der Waals surface area contributed by atoms with Crippen LogP contribution in [0.25, 0.3) is 0 Å². The summed E-state index contributed by atoms with van der Waals surface area (Å²) < 4.78 is 5.37. The van der Waals surface area contributed by atoms with Gasteiger partial charge in [-0.1, -0.05) is 23.7 Å². The lowest BCUT2D eigenvalue weighted by atomic mass is 9.98. The Bertz CT molecular complexity index is 852. The van der Waals surface area contributed by atoms with Crippen molar-refractivity contribution in [3.8, 4) is 0 Å². The molecule has 28 heavy (non-hydrogen) atoms. The zero-order valence-corrected chi connectivity index (χ0v) is 16.1. The number of carbonyl (C=O) groups is 1. The first kappa shape index (κ1) is 18.7. The van der Waals surface area contributed by atoms with Crippen molar-refractivity contribution < 1.29 is 9.53 Å². The maximum atomic E-state index is 12.8. The molecule has 1 aromatic carbocycles. The van der Waals surface area contributed by atoms with E-state index in [4.69, 9.17) is 21.7 Å². The van der Waals surface area contributed by atoms with E-state index >= 15 is 0 Å². The van der Waals surface area contributed by atoms with Crippen molar-refractivity contribution in [2.75, 3.05) is 18.5 Å². The van der Waals surface area contributed by atoms with Gasteiger partial charge in [0.2, 0.25) is 5.91 Å². The summed E-state index contributed by atoms with van der Waals surface area (Å²) in [6.07, 6.45) is 5.19. The number of hydrogen-bond donors (Lipinski definition) is 3. The van der Waals surface area contributed by atoms with Crippen molar-refractivity contribution in [1.82, 2.24) is 15.2 Å². The monoisotopic (exact) mass is 399 g/mol. The molecule has 0 saturated carbocycles. The van der Waals surface area contributed by atoms with Gasteiger partial charge in [0, 0.05) is 25.5 Å². The molecule has 1 unspecified atom stereocenters. The van der Waals surface area contributed by atoms with Crippen LogP contribution in [0.5, 0.6) is 0 Å². The Morgan fingerprint density at radius 3 is 2.79 bits per heavy atom. The summed E-state index contributed by atoms with van der Waals surface area (Å²) >= 11 is 6.64. The molecule has 2 fully saturated rings. The van der Waals surface area contributed by atoms with E-state index in [-0.39, 0.29) is 30.4 Å². The van der Waals surface area contributed by atoms with Gasteiger partial charge in [0.1, 0.15) is 0 Å². The van der Waals surface area contributed by atoms with Crippen molar-refractivity contribution in [3.05, 3.63) is 53.3 Å². The first-order chi connectivity index (χ1) is 13.6. The number of pyridine rings is 1. The maximum Gasteiger partial charge on any atom is 0.231 e. The fourth-order valence-corrected chi connectivity index (χ4v) is 4.01. The number of amides is 1. The highest BCUT2D eigenvalue weighted by Gasteiger charge is 2.36. The van der Waals surface area contributed by atoms with Crippen LogP contribution in [-0.4, -0.2) is 41.0 Å². The summed E-state index contributed by atoms with van der Waals surface area (Å²) in [5, 5.41) is 15.3. The second kappa shape index (κ2) is 8.16. The number of anilines is 2. The summed E-state index contributed by atoms with van der Waals surface area (Å²) in [5.74, 6) is 0.0807. The Balaban J connectivity index is 1.53. The number of hydrogen-bond acceptors (Lipinski definition) is 5. The number of halogens is 1. The summed E-state index contributed by atoms with van der Waals surface area (Å²) in [7, 11) is 0. The number of nitrogens with zero attached hydrogens (tertiary/aromatic N) is 2. The molecule has 4 rings (SSSR count). The Hall–Kier alpha value is -2.64. The fraction of sp³-hybridized carbons (Fsp3) is 0.350. The van der Waals surface area contributed by atoms with E-state index in [2.05, 4.69) is 15.6 Å². The maximum absolute atomic E-state index is 12.8. The Morgan fingerprint density at radius 1 is 1.25 bits per heavy atom. The minimum atomic E-state index is -0.334. The third kappa shape index (κ3) is 3.81. The highest BCUT2D eigenvalue weighted by atomic mass is 35.5. The van der Waals surface area contributed by atoms with Gasteiger partial charge in [-0.05, 0) is 36.6 Å². The van der Waals surface area contributed by atoms with Gasteiger partial charge in [0.05, 0.1) is 35.1 Å². The number of guanidine groups is 1. The van der Waals surface area contributed by atoms with Gasteiger partial charge < -0.3 is 15.4 Å². The van der Waals surface area contributed by atoms with Crippen LogP contribution < -0.4 is 10.6 Å². The van der Waals surface area contributed by atoms with E-state index in [0.29, 0.717) is 18.2 Å². The molecule has 1 atom stereocenters. The molecular formula is C20H22ClN5O2. The number of benzene rings is 1. The zero-order chi connectivity index (χ0) is 19.5. The second-order valence-electron chi connectivity index (χ2n) is 6.93. The van der Waals surface area contributed by atoms with Gasteiger partial charge in [-0.25, -0.2) is 0 Å². The topological polar surface area (TPSA) is 90.3 Å². The van der Waals surface area contributed by atoms with E-state index in [1.165, 1.54) is 0 Å². The van der Waals surface area contributed by atoms with Gasteiger partial charge in [0.15, 0.2) is 5.96 Å². The molecule has 2 aliphatic rings. The summed E-state index contributed by atoms with van der Waals surface area (Å²) in [6, 6.07) is 9.09. The molecule has 1 amide bonds. The number of carbonyl (C=O) groups excluding carboxylic acids is 1. The number of ether oxygens (including phenoxy) is 1. The van der Waals surface area contributed by atoms with Crippen molar-refractivity contribution >= 4 is 34.8 Å². The zero-order valence-electron chi connectivity index (χ0n) is 15.3. The molecule has 2 saturated heterocycles. The molecule has 2 aliphatic heterocycles. The Morgan fingerprint density at radius 2 is 2.07 bits per heavy atom. The third-order valence-corrected chi connectivity index (χ3v) is 5.52. The van der Waals surface area contributed by atoms with Crippen LogP contribution in [0.2, 0.25) is 5.02 Å². The van der Waals surface area contributed by atoms with Crippen molar-refractivity contribution in [1.29, 1.82) is 5.41 Å². The van der Waals surface area contributed by atoms with Gasteiger partial charge in [-0.2, -0.15) is 0 Å². The van der Waals surface area contributed by atoms with Crippen molar-refractivity contribution in [2.45, 2.75) is 31.3 Å². The van der Waals surface area contributed by atoms with Crippen LogP contribution in [0.3, 0.4) is 0 Å². The number of rotatable bonds is 4. The fourth-order valence-electron chi connectivity index (χ4n) is 3.71. The predicted octanol–water partition coefficient (Wildman–Crippen LogP) is 3.46. The highest BCUT2D eigenvalue weighted by Crippen LogP contribution is 2.35. The first-order valence-electron chi connectivity index (χ1n) is 9.34. The molecule has 2 aromatic rings. The lowest BCUT2D eigenvalue weighted by Gasteiger charge is -2.40. The van der Waals surface area contributed by atoms with Crippen LogP contribution >= 0.6 is 11.6 Å². The summed E-state index contributed by atoms with van der Waals surface area (Å²) in [6.45, 7) is 1.25. The highest BCUT2D eigenvalue weighted by molar-refractivity contribution is 6.34. The minimum Gasteiger partial charge on any atom is -0.381 e. The number of aromatic nitrogens is 1. The average Bonchev–Trinajstić information content (AvgIpc) is 2.71. The normalized spacial score (nSPS) is 20.8. The van der Waals surface area contributed by atoms with Crippen LogP contribution in [0.4, 0.5) is 11.4 Å². The molecule has 0 radical (unpaired) electrons. The molecule has 0 aliphatic carbocycles. The molecule has 0 bridgehead atoms. The number of nitrogens with one attached hydrogen (secondary N) is 3. The van der Waals surface area contributed by atoms with Crippen molar-refractivity contribution in [3.63, 3.8) is 0 Å². The SMILES string of the molecule is N=C1NC(c2cccc(Nc3cccnc3)c2Cl)CC(=O)N1C1CCOCC1. The van der Waals surface area contributed by atoms with Crippen LogP contribution in [0.1, 0.15) is 30.9 Å². The largest absolute Gasteiger partial charge is 0.381 e. The molecule has 1 aromatic heterocycles. The van der Waals surface area contributed by atoms with Crippen LogP contribution in [-0.2, 0) is 9.53 Å². The van der Waals surface area contributed by atoms with E-state index in [1.54, 1.807) is 17.3 Å². The predicted molar refractivity (Wildman–Crippen MR) is 108 cm³/mol. The van der Waals surface area contributed by atoms with Gasteiger partial charge >= 0.3 is 0 Å². The second-order valence-corrected chi connectivity index (χ2v) is 7.31. The smallest absolute Gasteiger partial charge is 0.231 e. The first-order valence-corrected chi connectivity index (χ1v) is 9.71. The molecule has 3 N–H and O–H groups in total. The Labute approximate surface area is 168 Å². The van der Waals surface area contributed by atoms with Crippen molar-refractivity contribution in [2.24, 2.45) is 0 Å². The van der Waals surface area contributed by atoms with Crippen LogP contribution in [0, 0.1) is 5.41 Å². The summed E-state index contributed by atoms with van der Waals surface area (Å²) in [4.78, 5) is 18.5. The average molecular weight is 400 g/mol. The standard InChI is InChI=1S/C20H22ClN5O2/c21-19-15(4-1-5-16(19)24-13-3-2-8-23-12-13)17-11-18(27)26(20(22)25-17)14-6-9-28-10-7-14/h1-5,8,12,14,17,24H,6-7,9-11H2,(H2,22,25). The molecule has 7 nitrogen and oxygen atoms in total. The van der Waals surface area contributed by atoms with Gasteiger partial charge in [-0.15, -0.1) is 0 Å². The molecule has 146 valence electrons. The van der Waals surface area contributed by atoms with E-state index in [1.807, 2.05) is 30.3 Å². The molecule has 3 heterocycles. The molecule has 0 spiro atoms. The lowest BCUT2D eigenvalue weighted by Crippen LogP contribution is -2.56. The van der Waals surface area contributed by atoms with Gasteiger partial charge in [0.25, 0.3) is 0 Å². The minimum absolute atomic E-state index is 0.0243. The van der Waals surface area contributed by atoms with E-state index in [0.717, 1.165) is 29.8 Å². The van der Waals surface area contributed by atoms with E-state index in [9.17, 15) is 4.79 Å². The Kier molecular flexibility index (Phi) is 5.45. The van der Waals surface area contributed by atoms with Crippen LogP contribution in [0.15, 0.2) is 42.7 Å². The lowest BCUT2D eigenvalue weighted by molar-refractivity contribution is -0.132. The molecular weight excluding hydrogens is 378 g/mol. The quantitative estimate of drug-likeness (QED) is 0.732.